The molecule has 0 unspecified atom stereocenters. The molecule has 2 aromatic rings. The summed E-state index contributed by atoms with van der Waals surface area (Å²) < 4.78 is 5.47. The average Bonchev–Trinajstić information content (AvgIpc) is 2.61. The predicted molar refractivity (Wildman–Crippen MR) is 101 cm³/mol. The number of aliphatic hydroxyl groups excluding tert-OH is 1. The Morgan fingerprint density at radius 1 is 1.29 bits per heavy atom. The summed E-state index contributed by atoms with van der Waals surface area (Å²) in [7, 11) is 2.07. The lowest BCUT2D eigenvalue weighted by Gasteiger charge is -2.39. The van der Waals surface area contributed by atoms with Crippen molar-refractivity contribution >= 4 is 28.5 Å². The summed E-state index contributed by atoms with van der Waals surface area (Å²) in [4.78, 5) is 8.28. The van der Waals surface area contributed by atoms with Crippen molar-refractivity contribution < 1.29 is 9.84 Å². The second-order valence-electron chi connectivity index (χ2n) is 6.81. The minimum absolute atomic E-state index is 0.0847. The first-order chi connectivity index (χ1) is 11.6. The molecule has 2 heterocycles. The van der Waals surface area contributed by atoms with Crippen LogP contribution in [0.5, 0.6) is 0 Å². The molecular formula is C19H26N2O2S. The Labute approximate surface area is 148 Å². The zero-order chi connectivity index (χ0) is 17.2. The highest BCUT2D eigenvalue weighted by Gasteiger charge is 2.33. The monoisotopic (exact) mass is 346 g/mol. The Hall–Kier alpha value is -1.30. The van der Waals surface area contributed by atoms with E-state index in [0.29, 0.717) is 0 Å². The van der Waals surface area contributed by atoms with E-state index < -0.39 is 0 Å². The molecule has 0 atom stereocenters. The summed E-state index contributed by atoms with van der Waals surface area (Å²) in [5.41, 5.74) is 2.19. The molecule has 0 amide bonds. The molecule has 5 heteroatoms. The van der Waals surface area contributed by atoms with Crippen LogP contribution < -0.4 is 4.90 Å². The number of benzene rings is 1. The van der Waals surface area contributed by atoms with E-state index in [0.717, 1.165) is 43.9 Å². The van der Waals surface area contributed by atoms with Gasteiger partial charge in [0, 0.05) is 42.5 Å². The SMILES string of the molecule is CSc1ccc2c(C)cc(N(C)CC3(CO)CCOCC3)nc2c1. The van der Waals surface area contributed by atoms with E-state index in [9.17, 15) is 5.11 Å². The van der Waals surface area contributed by atoms with Crippen LogP contribution in [-0.4, -0.2) is 49.8 Å². The van der Waals surface area contributed by atoms with E-state index in [1.165, 1.54) is 15.8 Å². The van der Waals surface area contributed by atoms with Crippen molar-refractivity contribution in [3.8, 4) is 0 Å². The largest absolute Gasteiger partial charge is 0.396 e. The predicted octanol–water partition coefficient (Wildman–Crippen LogP) is 3.49. The van der Waals surface area contributed by atoms with Crippen molar-refractivity contribution in [1.82, 2.24) is 4.98 Å². The fourth-order valence-corrected chi connectivity index (χ4v) is 3.88. The molecule has 1 N–H and O–H groups in total. The standard InChI is InChI=1S/C19H26N2O2S/c1-14-10-18(20-17-11-15(24-3)4-5-16(14)17)21(2)12-19(13-22)6-8-23-9-7-19/h4-5,10-11,22H,6-9,12-13H2,1-3H3. The van der Waals surface area contributed by atoms with Gasteiger partial charge in [-0.3, -0.25) is 0 Å². The highest BCUT2D eigenvalue weighted by atomic mass is 32.2. The number of pyridine rings is 1. The van der Waals surface area contributed by atoms with Gasteiger partial charge < -0.3 is 14.7 Å². The molecule has 1 aliphatic heterocycles. The lowest BCUT2D eigenvalue weighted by Crippen LogP contribution is -2.43. The number of aliphatic hydroxyl groups is 1. The first kappa shape index (κ1) is 17.5. The number of aromatic nitrogens is 1. The van der Waals surface area contributed by atoms with E-state index in [1.807, 2.05) is 0 Å². The molecule has 1 aromatic carbocycles. The maximum atomic E-state index is 9.93. The van der Waals surface area contributed by atoms with Gasteiger partial charge in [0.1, 0.15) is 5.82 Å². The summed E-state index contributed by atoms with van der Waals surface area (Å²) in [5, 5.41) is 11.1. The third kappa shape index (κ3) is 3.53. The maximum Gasteiger partial charge on any atom is 0.129 e. The molecule has 1 aromatic heterocycles. The smallest absolute Gasteiger partial charge is 0.129 e. The van der Waals surface area contributed by atoms with Crippen LogP contribution in [0.3, 0.4) is 0 Å². The molecular weight excluding hydrogens is 320 g/mol. The number of ether oxygens (including phenoxy) is 1. The minimum atomic E-state index is -0.0847. The molecule has 130 valence electrons. The van der Waals surface area contributed by atoms with Gasteiger partial charge in [0.25, 0.3) is 0 Å². The van der Waals surface area contributed by atoms with Gasteiger partial charge in [0.05, 0.1) is 12.1 Å². The quantitative estimate of drug-likeness (QED) is 0.840. The van der Waals surface area contributed by atoms with Gasteiger partial charge in [0.2, 0.25) is 0 Å². The van der Waals surface area contributed by atoms with Gasteiger partial charge in [-0.15, -0.1) is 11.8 Å². The highest BCUT2D eigenvalue weighted by molar-refractivity contribution is 7.98. The number of thioether (sulfide) groups is 1. The first-order valence-corrected chi connectivity index (χ1v) is 9.64. The summed E-state index contributed by atoms with van der Waals surface area (Å²) in [6.45, 7) is 4.60. The molecule has 0 spiro atoms. The maximum absolute atomic E-state index is 9.93. The van der Waals surface area contributed by atoms with Crippen LogP contribution in [-0.2, 0) is 4.74 Å². The zero-order valence-corrected chi connectivity index (χ0v) is 15.5. The van der Waals surface area contributed by atoms with Crippen molar-refractivity contribution in [3.05, 3.63) is 29.8 Å². The van der Waals surface area contributed by atoms with E-state index in [2.05, 4.69) is 49.4 Å². The van der Waals surface area contributed by atoms with E-state index in [4.69, 9.17) is 9.72 Å². The molecule has 1 saturated heterocycles. The van der Waals surface area contributed by atoms with Crippen molar-refractivity contribution in [3.63, 3.8) is 0 Å². The molecule has 0 radical (unpaired) electrons. The second kappa shape index (κ2) is 7.30. The lowest BCUT2D eigenvalue weighted by molar-refractivity contribution is -0.0113. The molecule has 3 rings (SSSR count). The van der Waals surface area contributed by atoms with Crippen LogP contribution in [0.4, 0.5) is 5.82 Å². The third-order valence-corrected chi connectivity index (χ3v) is 5.79. The zero-order valence-electron chi connectivity index (χ0n) is 14.7. The molecule has 1 fully saturated rings. The molecule has 0 saturated carbocycles. The highest BCUT2D eigenvalue weighted by Crippen LogP contribution is 2.33. The van der Waals surface area contributed by atoms with Crippen molar-refractivity contribution in [1.29, 1.82) is 0 Å². The normalized spacial score (nSPS) is 17.2. The topological polar surface area (TPSA) is 45.6 Å². The Morgan fingerprint density at radius 2 is 2.04 bits per heavy atom. The Bertz CT molecular complexity index is 714. The van der Waals surface area contributed by atoms with E-state index >= 15 is 0 Å². The summed E-state index contributed by atoms with van der Waals surface area (Å²) in [6, 6.07) is 8.60. The number of anilines is 1. The summed E-state index contributed by atoms with van der Waals surface area (Å²) in [6.07, 6.45) is 3.88. The fourth-order valence-electron chi connectivity index (χ4n) is 3.44. The number of rotatable bonds is 5. The van der Waals surface area contributed by atoms with Crippen LogP contribution in [0.1, 0.15) is 18.4 Å². The third-order valence-electron chi connectivity index (χ3n) is 5.06. The number of nitrogens with zero attached hydrogens (tertiary/aromatic N) is 2. The Kier molecular flexibility index (Phi) is 5.33. The van der Waals surface area contributed by atoms with Crippen LogP contribution in [0.15, 0.2) is 29.2 Å². The van der Waals surface area contributed by atoms with Crippen LogP contribution >= 0.6 is 11.8 Å². The number of aryl methyl sites for hydroxylation is 1. The molecule has 0 bridgehead atoms. The number of fused-ring (bicyclic) bond motifs is 1. The number of hydrogen-bond acceptors (Lipinski definition) is 5. The summed E-state index contributed by atoms with van der Waals surface area (Å²) >= 11 is 1.73. The van der Waals surface area contributed by atoms with Gasteiger partial charge >= 0.3 is 0 Å². The van der Waals surface area contributed by atoms with Crippen molar-refractivity contribution in [2.24, 2.45) is 5.41 Å². The first-order valence-electron chi connectivity index (χ1n) is 8.42. The second-order valence-corrected chi connectivity index (χ2v) is 7.69. The van der Waals surface area contributed by atoms with Crippen LogP contribution in [0, 0.1) is 12.3 Å². The van der Waals surface area contributed by atoms with Gasteiger partial charge in [-0.05, 0) is 49.8 Å². The average molecular weight is 346 g/mol. The lowest BCUT2D eigenvalue weighted by atomic mass is 9.80. The van der Waals surface area contributed by atoms with Gasteiger partial charge in [-0.25, -0.2) is 4.98 Å². The van der Waals surface area contributed by atoms with E-state index in [-0.39, 0.29) is 12.0 Å². The van der Waals surface area contributed by atoms with Crippen LogP contribution in [0.2, 0.25) is 0 Å². The number of hydrogen-bond donors (Lipinski definition) is 1. The molecule has 0 aliphatic carbocycles. The van der Waals surface area contributed by atoms with Gasteiger partial charge in [-0.1, -0.05) is 6.07 Å². The van der Waals surface area contributed by atoms with E-state index in [1.54, 1.807) is 11.8 Å². The van der Waals surface area contributed by atoms with Crippen LogP contribution in [0.25, 0.3) is 10.9 Å². The Morgan fingerprint density at radius 3 is 2.71 bits per heavy atom. The van der Waals surface area contributed by atoms with Crippen molar-refractivity contribution in [2.45, 2.75) is 24.7 Å². The van der Waals surface area contributed by atoms with Gasteiger partial charge in [0.15, 0.2) is 0 Å². The molecule has 1 aliphatic rings. The molecule has 24 heavy (non-hydrogen) atoms. The van der Waals surface area contributed by atoms with Crippen molar-refractivity contribution in [2.75, 3.05) is 44.6 Å². The minimum Gasteiger partial charge on any atom is -0.396 e. The Balaban J connectivity index is 1.90. The molecule has 4 nitrogen and oxygen atoms in total. The van der Waals surface area contributed by atoms with Gasteiger partial charge in [-0.2, -0.15) is 0 Å². The fraction of sp³-hybridized carbons (Fsp3) is 0.526. The summed E-state index contributed by atoms with van der Waals surface area (Å²) in [5.74, 6) is 0.970.